The van der Waals surface area contributed by atoms with E-state index in [1.54, 1.807) is 37.3 Å². The number of aromatic hydroxyl groups is 1. The van der Waals surface area contributed by atoms with Crippen LogP contribution in [0.2, 0.25) is 5.02 Å². The minimum atomic E-state index is -1.29. The predicted molar refractivity (Wildman–Crippen MR) is 95.1 cm³/mol. The van der Waals surface area contributed by atoms with Crippen LogP contribution in [0.25, 0.3) is 6.08 Å². The van der Waals surface area contributed by atoms with Gasteiger partial charge in [-0.1, -0.05) is 23.7 Å². The summed E-state index contributed by atoms with van der Waals surface area (Å²) in [5.74, 6) is -2.04. The maximum absolute atomic E-state index is 12.7. The highest BCUT2D eigenvalue weighted by Crippen LogP contribution is 2.29. The van der Waals surface area contributed by atoms with E-state index in [1.165, 1.54) is 18.2 Å². The number of hydrogen-bond acceptors (Lipinski definition) is 4. The summed E-state index contributed by atoms with van der Waals surface area (Å²) < 4.78 is 0. The van der Waals surface area contributed by atoms with E-state index < -0.39 is 5.97 Å². The Hall–Kier alpha value is -3.12. The van der Waals surface area contributed by atoms with Crippen molar-refractivity contribution in [2.24, 2.45) is 5.10 Å². The summed E-state index contributed by atoms with van der Waals surface area (Å²) in [7, 11) is 0. The number of hydrogen-bond donors (Lipinski definition) is 2. The number of carboxylic acids is 1. The molecule has 1 amide bonds. The third-order valence-electron chi connectivity index (χ3n) is 3.70. The predicted octanol–water partition coefficient (Wildman–Crippen LogP) is 3.55. The average molecular weight is 357 g/mol. The van der Waals surface area contributed by atoms with Crippen LogP contribution in [0.4, 0.5) is 5.69 Å². The van der Waals surface area contributed by atoms with E-state index >= 15 is 0 Å². The summed E-state index contributed by atoms with van der Waals surface area (Å²) in [6, 6.07) is 10.9. The van der Waals surface area contributed by atoms with Crippen LogP contribution in [-0.4, -0.2) is 27.8 Å². The van der Waals surface area contributed by atoms with E-state index in [9.17, 15) is 14.7 Å². The van der Waals surface area contributed by atoms with Gasteiger partial charge in [-0.25, -0.2) is 4.79 Å². The second-order valence-electron chi connectivity index (χ2n) is 5.42. The highest BCUT2D eigenvalue weighted by atomic mass is 35.5. The Morgan fingerprint density at radius 3 is 2.52 bits per heavy atom. The smallest absolute Gasteiger partial charge is 0.339 e. The lowest BCUT2D eigenvalue weighted by Crippen LogP contribution is -2.21. The Morgan fingerprint density at radius 1 is 1.20 bits per heavy atom. The van der Waals surface area contributed by atoms with E-state index in [0.29, 0.717) is 16.3 Å². The molecule has 7 heteroatoms. The zero-order valence-corrected chi connectivity index (χ0v) is 13.9. The third-order valence-corrected chi connectivity index (χ3v) is 3.95. The van der Waals surface area contributed by atoms with Gasteiger partial charge in [-0.05, 0) is 48.9 Å². The van der Waals surface area contributed by atoms with Crippen molar-refractivity contribution in [3.05, 3.63) is 64.2 Å². The number of anilines is 1. The van der Waals surface area contributed by atoms with Crippen LogP contribution in [0.3, 0.4) is 0 Å². The number of carbonyl (C=O) groups is 2. The van der Waals surface area contributed by atoms with Gasteiger partial charge in [-0.15, -0.1) is 0 Å². The Balaban J connectivity index is 1.96. The second kappa shape index (κ2) is 6.41. The van der Waals surface area contributed by atoms with Crippen LogP contribution in [0, 0.1) is 0 Å². The zero-order chi connectivity index (χ0) is 18.1. The minimum Gasteiger partial charge on any atom is -0.507 e. The number of halogens is 1. The number of rotatable bonds is 3. The number of aromatic carboxylic acids is 1. The molecule has 1 heterocycles. The van der Waals surface area contributed by atoms with Crippen LogP contribution in [0.5, 0.6) is 5.75 Å². The molecule has 25 heavy (non-hydrogen) atoms. The van der Waals surface area contributed by atoms with Gasteiger partial charge in [0, 0.05) is 5.02 Å². The van der Waals surface area contributed by atoms with Gasteiger partial charge in [0.25, 0.3) is 5.91 Å². The van der Waals surface area contributed by atoms with Gasteiger partial charge in [-0.3, -0.25) is 4.79 Å². The molecule has 0 bridgehead atoms. The van der Waals surface area contributed by atoms with Crippen LogP contribution in [0.15, 0.2) is 53.1 Å². The summed E-state index contributed by atoms with van der Waals surface area (Å²) in [5.41, 5.74) is 1.66. The van der Waals surface area contributed by atoms with Crippen LogP contribution in [0.1, 0.15) is 22.8 Å². The van der Waals surface area contributed by atoms with E-state index in [-0.39, 0.29) is 22.9 Å². The first kappa shape index (κ1) is 16.7. The molecule has 6 nitrogen and oxygen atoms in total. The first-order chi connectivity index (χ1) is 11.9. The lowest BCUT2D eigenvalue weighted by atomic mass is 10.1. The van der Waals surface area contributed by atoms with Gasteiger partial charge < -0.3 is 10.2 Å². The molecule has 3 rings (SSSR count). The van der Waals surface area contributed by atoms with Gasteiger partial charge in [0.2, 0.25) is 0 Å². The number of benzene rings is 2. The number of amides is 1. The first-order valence-electron chi connectivity index (χ1n) is 7.30. The van der Waals surface area contributed by atoms with Crippen molar-refractivity contribution in [3.63, 3.8) is 0 Å². The molecule has 0 saturated carbocycles. The van der Waals surface area contributed by atoms with Crippen LogP contribution >= 0.6 is 11.6 Å². The molecule has 0 fully saturated rings. The van der Waals surface area contributed by atoms with Crippen molar-refractivity contribution in [2.75, 3.05) is 5.01 Å². The Morgan fingerprint density at radius 2 is 1.88 bits per heavy atom. The molecular weight excluding hydrogens is 344 g/mol. The van der Waals surface area contributed by atoms with Crippen molar-refractivity contribution in [2.45, 2.75) is 6.92 Å². The molecule has 0 spiro atoms. The van der Waals surface area contributed by atoms with E-state index in [1.807, 2.05) is 0 Å². The van der Waals surface area contributed by atoms with Gasteiger partial charge in [0.15, 0.2) is 0 Å². The normalized spacial score (nSPS) is 15.6. The Labute approximate surface area is 148 Å². The molecule has 0 atom stereocenters. The maximum atomic E-state index is 12.7. The Bertz CT molecular complexity index is 933. The highest BCUT2D eigenvalue weighted by molar-refractivity contribution is 6.32. The summed E-state index contributed by atoms with van der Waals surface area (Å²) in [5, 5.41) is 24.6. The lowest BCUT2D eigenvalue weighted by Gasteiger charge is -2.13. The molecule has 0 radical (unpaired) electrons. The fourth-order valence-corrected chi connectivity index (χ4v) is 2.54. The fourth-order valence-electron chi connectivity index (χ4n) is 2.41. The molecule has 1 aliphatic heterocycles. The van der Waals surface area contributed by atoms with Crippen LogP contribution in [-0.2, 0) is 4.79 Å². The highest BCUT2D eigenvalue weighted by Gasteiger charge is 2.29. The summed E-state index contributed by atoms with van der Waals surface area (Å²) in [6.45, 7) is 1.69. The SMILES string of the molecule is CC1=NN(c2ccc(O)c(C(=O)O)c2)C(=O)/C1=C\c1ccc(Cl)cc1. The van der Waals surface area contributed by atoms with E-state index in [4.69, 9.17) is 16.7 Å². The standard InChI is InChI=1S/C18H13ClN2O4/c1-10-14(8-11-2-4-12(19)5-3-11)17(23)21(20-10)13-6-7-16(22)15(9-13)18(24)25/h2-9,22H,1H3,(H,24,25)/b14-8-. The van der Waals surface area contributed by atoms with Crippen molar-refractivity contribution in [1.29, 1.82) is 0 Å². The number of nitrogens with zero attached hydrogens (tertiary/aromatic N) is 2. The molecule has 0 unspecified atom stereocenters. The van der Waals surface area contributed by atoms with Gasteiger partial charge >= 0.3 is 5.97 Å². The average Bonchev–Trinajstić information content (AvgIpc) is 2.85. The lowest BCUT2D eigenvalue weighted by molar-refractivity contribution is -0.114. The zero-order valence-electron chi connectivity index (χ0n) is 13.1. The monoisotopic (exact) mass is 356 g/mol. The maximum Gasteiger partial charge on any atom is 0.339 e. The topological polar surface area (TPSA) is 90.2 Å². The fraction of sp³-hybridized carbons (Fsp3) is 0.0556. The number of phenols is 1. The van der Waals surface area contributed by atoms with Crippen molar-refractivity contribution in [1.82, 2.24) is 0 Å². The van der Waals surface area contributed by atoms with Gasteiger partial charge in [0.05, 0.1) is 17.0 Å². The summed E-state index contributed by atoms with van der Waals surface area (Å²) in [4.78, 5) is 23.8. The van der Waals surface area contributed by atoms with Gasteiger partial charge in [0.1, 0.15) is 11.3 Å². The summed E-state index contributed by atoms with van der Waals surface area (Å²) in [6.07, 6.45) is 1.69. The van der Waals surface area contributed by atoms with Crippen molar-refractivity contribution >= 4 is 41.0 Å². The van der Waals surface area contributed by atoms with Crippen molar-refractivity contribution < 1.29 is 19.8 Å². The molecule has 2 aromatic carbocycles. The molecular formula is C18H13ClN2O4. The van der Waals surface area contributed by atoms with E-state index in [0.717, 1.165) is 10.6 Å². The molecule has 0 aliphatic carbocycles. The largest absolute Gasteiger partial charge is 0.507 e. The molecule has 0 saturated heterocycles. The molecule has 126 valence electrons. The Kier molecular flexibility index (Phi) is 4.29. The molecule has 0 aromatic heterocycles. The third kappa shape index (κ3) is 3.25. The molecule has 1 aliphatic rings. The van der Waals surface area contributed by atoms with E-state index in [2.05, 4.69) is 5.10 Å². The minimum absolute atomic E-state index is 0.263. The number of carboxylic acid groups (broad SMARTS) is 1. The number of hydrazone groups is 1. The van der Waals surface area contributed by atoms with Crippen LogP contribution < -0.4 is 5.01 Å². The summed E-state index contributed by atoms with van der Waals surface area (Å²) >= 11 is 5.85. The molecule has 2 N–H and O–H groups in total. The van der Waals surface area contributed by atoms with Gasteiger partial charge in [-0.2, -0.15) is 10.1 Å². The molecule has 2 aromatic rings. The quantitative estimate of drug-likeness (QED) is 0.823. The van der Waals surface area contributed by atoms with Crippen molar-refractivity contribution in [3.8, 4) is 5.75 Å². The first-order valence-corrected chi connectivity index (χ1v) is 7.68. The second-order valence-corrected chi connectivity index (χ2v) is 5.85. The number of carbonyl (C=O) groups excluding carboxylic acids is 1.